The van der Waals surface area contributed by atoms with Crippen molar-refractivity contribution in [1.29, 1.82) is 0 Å². The Bertz CT molecular complexity index is 161. The first kappa shape index (κ1) is 7.45. The van der Waals surface area contributed by atoms with Gasteiger partial charge in [0, 0.05) is 0 Å². The molecule has 5 atom stereocenters. The average molecular weight is 162 g/mol. The molecule has 2 bridgehead atoms. The summed E-state index contributed by atoms with van der Waals surface area (Å²) in [4.78, 5) is 0. The minimum atomic E-state index is -1.03. The van der Waals surface area contributed by atoms with Gasteiger partial charge in [0.2, 0.25) is 0 Å². The SMILES string of the molecule is O[C@H]1COC2OC1[C@H](O)[C@H]2O. The van der Waals surface area contributed by atoms with E-state index in [1.54, 1.807) is 0 Å². The Hall–Kier alpha value is -0.200. The summed E-state index contributed by atoms with van der Waals surface area (Å²) in [6.45, 7) is 0.115. The summed E-state index contributed by atoms with van der Waals surface area (Å²) >= 11 is 0. The van der Waals surface area contributed by atoms with E-state index in [0.29, 0.717) is 0 Å². The smallest absolute Gasteiger partial charge is 0.186 e. The third-order valence-corrected chi connectivity index (χ3v) is 2.07. The van der Waals surface area contributed by atoms with Crippen molar-refractivity contribution in [3.63, 3.8) is 0 Å². The Morgan fingerprint density at radius 3 is 2.45 bits per heavy atom. The largest absolute Gasteiger partial charge is 0.388 e. The minimum Gasteiger partial charge on any atom is -0.388 e. The Labute approximate surface area is 63.2 Å². The topological polar surface area (TPSA) is 79.2 Å². The molecule has 0 aromatic heterocycles. The van der Waals surface area contributed by atoms with Crippen molar-refractivity contribution in [2.24, 2.45) is 0 Å². The second-order valence-electron chi connectivity index (χ2n) is 2.85. The molecule has 0 aromatic carbocycles. The van der Waals surface area contributed by atoms with Gasteiger partial charge in [-0.2, -0.15) is 0 Å². The summed E-state index contributed by atoms with van der Waals surface area (Å²) in [5, 5.41) is 27.6. The molecule has 5 nitrogen and oxygen atoms in total. The van der Waals surface area contributed by atoms with E-state index in [9.17, 15) is 10.2 Å². The van der Waals surface area contributed by atoms with E-state index >= 15 is 0 Å². The van der Waals surface area contributed by atoms with Gasteiger partial charge in [0.15, 0.2) is 6.29 Å². The van der Waals surface area contributed by atoms with Crippen LogP contribution in [0, 0.1) is 0 Å². The van der Waals surface area contributed by atoms with E-state index in [0.717, 1.165) is 0 Å². The van der Waals surface area contributed by atoms with Crippen LogP contribution in [0.3, 0.4) is 0 Å². The number of aliphatic hydroxyl groups is 3. The standard InChI is InChI=1S/C6H10O5/c7-2-1-10-6-4(9)3(8)5(2)11-6/h2-9H,1H2/t2-,3+,4+,5?,6?/m0/s1. The highest BCUT2D eigenvalue weighted by Crippen LogP contribution is 2.28. The molecule has 2 saturated heterocycles. The van der Waals surface area contributed by atoms with Crippen molar-refractivity contribution >= 4 is 0 Å². The van der Waals surface area contributed by atoms with Crippen LogP contribution in [-0.2, 0) is 9.47 Å². The van der Waals surface area contributed by atoms with E-state index in [-0.39, 0.29) is 6.61 Å². The number of hydrogen-bond acceptors (Lipinski definition) is 5. The first-order valence-corrected chi connectivity index (χ1v) is 3.51. The van der Waals surface area contributed by atoms with Gasteiger partial charge in [-0.3, -0.25) is 0 Å². The van der Waals surface area contributed by atoms with Crippen LogP contribution in [-0.4, -0.2) is 52.6 Å². The zero-order valence-electron chi connectivity index (χ0n) is 5.75. The van der Waals surface area contributed by atoms with E-state index in [1.807, 2.05) is 0 Å². The molecule has 5 heteroatoms. The molecule has 0 amide bonds. The van der Waals surface area contributed by atoms with Gasteiger partial charge in [-0.25, -0.2) is 0 Å². The van der Waals surface area contributed by atoms with Gasteiger partial charge in [-0.15, -0.1) is 0 Å². The summed E-state index contributed by atoms with van der Waals surface area (Å²) in [6, 6.07) is 0. The summed E-state index contributed by atoms with van der Waals surface area (Å²) in [5.41, 5.74) is 0. The zero-order valence-corrected chi connectivity index (χ0v) is 5.75. The van der Waals surface area contributed by atoms with Crippen LogP contribution in [0.2, 0.25) is 0 Å². The quantitative estimate of drug-likeness (QED) is 0.377. The predicted octanol–water partition coefficient (Wildman–Crippen LogP) is -2.18. The van der Waals surface area contributed by atoms with Gasteiger partial charge in [-0.1, -0.05) is 0 Å². The van der Waals surface area contributed by atoms with Crippen molar-refractivity contribution < 1.29 is 24.8 Å². The van der Waals surface area contributed by atoms with Crippen LogP contribution < -0.4 is 0 Å². The van der Waals surface area contributed by atoms with Crippen LogP contribution >= 0.6 is 0 Å². The van der Waals surface area contributed by atoms with Crippen LogP contribution in [0.25, 0.3) is 0 Å². The molecule has 11 heavy (non-hydrogen) atoms. The van der Waals surface area contributed by atoms with Crippen molar-refractivity contribution in [2.45, 2.75) is 30.7 Å². The van der Waals surface area contributed by atoms with Crippen molar-refractivity contribution in [2.75, 3.05) is 6.61 Å². The first-order chi connectivity index (χ1) is 5.20. The lowest BCUT2D eigenvalue weighted by molar-refractivity contribution is -0.233. The molecule has 2 rings (SSSR count). The molecule has 0 aliphatic carbocycles. The number of aliphatic hydroxyl groups excluding tert-OH is 3. The van der Waals surface area contributed by atoms with E-state index < -0.39 is 30.7 Å². The fraction of sp³-hybridized carbons (Fsp3) is 1.00. The second kappa shape index (κ2) is 2.40. The third-order valence-electron chi connectivity index (χ3n) is 2.07. The highest BCUT2D eigenvalue weighted by Gasteiger charge is 2.50. The summed E-state index contributed by atoms with van der Waals surface area (Å²) in [7, 11) is 0. The Morgan fingerprint density at radius 1 is 1.09 bits per heavy atom. The molecular weight excluding hydrogens is 152 g/mol. The van der Waals surface area contributed by atoms with Crippen molar-refractivity contribution in [3.05, 3.63) is 0 Å². The van der Waals surface area contributed by atoms with Crippen LogP contribution in [0.4, 0.5) is 0 Å². The number of hydrogen-bond donors (Lipinski definition) is 3. The second-order valence-corrected chi connectivity index (χ2v) is 2.85. The number of fused-ring (bicyclic) bond motifs is 2. The zero-order chi connectivity index (χ0) is 8.01. The van der Waals surface area contributed by atoms with Gasteiger partial charge >= 0.3 is 0 Å². The monoisotopic (exact) mass is 162 g/mol. The molecule has 2 fully saturated rings. The maximum absolute atomic E-state index is 9.22. The molecule has 2 aliphatic rings. The molecule has 2 aliphatic heterocycles. The summed E-state index contributed by atoms with van der Waals surface area (Å²) in [6.07, 6.45) is -4.35. The Balaban J connectivity index is 2.16. The third kappa shape index (κ3) is 0.969. The number of rotatable bonds is 0. The fourth-order valence-electron chi connectivity index (χ4n) is 1.42. The predicted molar refractivity (Wildman–Crippen MR) is 32.6 cm³/mol. The molecule has 0 spiro atoms. The summed E-state index contributed by atoms with van der Waals surface area (Å²) < 4.78 is 9.84. The average Bonchev–Trinajstić information content (AvgIpc) is 2.24. The van der Waals surface area contributed by atoms with E-state index in [2.05, 4.69) is 0 Å². The fourth-order valence-corrected chi connectivity index (χ4v) is 1.42. The summed E-state index contributed by atoms with van der Waals surface area (Å²) in [5.74, 6) is 0. The van der Waals surface area contributed by atoms with Crippen LogP contribution in [0.5, 0.6) is 0 Å². The van der Waals surface area contributed by atoms with Crippen molar-refractivity contribution in [1.82, 2.24) is 0 Å². The molecule has 64 valence electrons. The minimum absolute atomic E-state index is 0.115. The molecule has 2 heterocycles. The van der Waals surface area contributed by atoms with Gasteiger partial charge in [0.1, 0.15) is 24.4 Å². The lowest BCUT2D eigenvalue weighted by atomic mass is 10.1. The lowest BCUT2D eigenvalue weighted by Gasteiger charge is -2.25. The Morgan fingerprint density at radius 2 is 1.82 bits per heavy atom. The van der Waals surface area contributed by atoms with E-state index in [4.69, 9.17) is 14.6 Å². The van der Waals surface area contributed by atoms with Gasteiger partial charge < -0.3 is 24.8 Å². The van der Waals surface area contributed by atoms with E-state index in [1.165, 1.54) is 0 Å². The van der Waals surface area contributed by atoms with Crippen LogP contribution in [0.15, 0.2) is 0 Å². The molecule has 2 unspecified atom stereocenters. The highest BCUT2D eigenvalue weighted by molar-refractivity contribution is 4.93. The normalized spacial score (nSPS) is 56.5. The highest BCUT2D eigenvalue weighted by atomic mass is 16.7. The molecule has 0 saturated carbocycles. The first-order valence-electron chi connectivity index (χ1n) is 3.51. The lowest BCUT2D eigenvalue weighted by Crippen LogP contribution is -2.41. The molecular formula is C6H10O5. The van der Waals surface area contributed by atoms with Crippen LogP contribution in [0.1, 0.15) is 0 Å². The van der Waals surface area contributed by atoms with Gasteiger partial charge in [-0.05, 0) is 0 Å². The maximum atomic E-state index is 9.22. The molecule has 3 N–H and O–H groups in total. The van der Waals surface area contributed by atoms with Crippen molar-refractivity contribution in [3.8, 4) is 0 Å². The van der Waals surface area contributed by atoms with Gasteiger partial charge in [0.25, 0.3) is 0 Å². The van der Waals surface area contributed by atoms with Gasteiger partial charge in [0.05, 0.1) is 6.61 Å². The maximum Gasteiger partial charge on any atom is 0.186 e. The Kier molecular flexibility index (Phi) is 1.62. The molecule has 0 radical (unpaired) electrons. The number of ether oxygens (including phenoxy) is 2. The molecule has 0 aromatic rings.